The first-order chi connectivity index (χ1) is 8.86. The van der Waals surface area contributed by atoms with Crippen LogP contribution in [0.4, 0.5) is 0 Å². The monoisotopic (exact) mass is 246 g/mol. The van der Waals surface area contributed by atoms with Gasteiger partial charge in [-0.2, -0.15) is 0 Å². The molecule has 1 aromatic rings. The van der Waals surface area contributed by atoms with Crippen LogP contribution in [0.2, 0.25) is 0 Å². The molecule has 98 valence electrons. The van der Waals surface area contributed by atoms with Gasteiger partial charge in [0.15, 0.2) is 0 Å². The lowest BCUT2D eigenvalue weighted by molar-refractivity contribution is 0.171. The van der Waals surface area contributed by atoms with Crippen LogP contribution in [-0.2, 0) is 0 Å². The third-order valence-corrected chi connectivity index (χ3v) is 3.48. The van der Waals surface area contributed by atoms with Gasteiger partial charge in [-0.3, -0.25) is 4.90 Å². The van der Waals surface area contributed by atoms with Crippen LogP contribution in [0.1, 0.15) is 18.0 Å². The molecule has 0 amide bonds. The molecule has 1 atom stereocenters. The molecule has 1 heterocycles. The molecule has 3 heteroatoms. The van der Waals surface area contributed by atoms with Gasteiger partial charge in [-0.1, -0.05) is 24.3 Å². The molecule has 18 heavy (non-hydrogen) atoms. The largest absolute Gasteiger partial charge is 0.496 e. The van der Waals surface area contributed by atoms with Crippen molar-refractivity contribution in [1.82, 2.24) is 10.2 Å². The van der Waals surface area contributed by atoms with Gasteiger partial charge >= 0.3 is 0 Å². The minimum atomic E-state index is 0.376. The molecule has 1 N–H and O–H groups in total. The summed E-state index contributed by atoms with van der Waals surface area (Å²) in [7, 11) is 1.74. The maximum absolute atomic E-state index is 5.49. The average molecular weight is 246 g/mol. The first-order valence-electron chi connectivity index (χ1n) is 6.55. The van der Waals surface area contributed by atoms with Crippen LogP contribution in [0.25, 0.3) is 0 Å². The van der Waals surface area contributed by atoms with E-state index in [-0.39, 0.29) is 0 Å². The predicted octanol–water partition coefficient (Wildman–Crippen LogP) is 2.22. The first-order valence-corrected chi connectivity index (χ1v) is 6.55. The highest BCUT2D eigenvalue weighted by atomic mass is 16.5. The van der Waals surface area contributed by atoms with E-state index in [2.05, 4.69) is 28.9 Å². The van der Waals surface area contributed by atoms with Gasteiger partial charge < -0.3 is 10.1 Å². The summed E-state index contributed by atoms with van der Waals surface area (Å²) in [6.45, 7) is 8.17. The minimum Gasteiger partial charge on any atom is -0.496 e. The van der Waals surface area contributed by atoms with E-state index in [1.807, 2.05) is 18.2 Å². The zero-order valence-electron chi connectivity index (χ0n) is 11.1. The minimum absolute atomic E-state index is 0.376. The molecule has 0 aromatic heterocycles. The Morgan fingerprint density at radius 2 is 2.11 bits per heavy atom. The maximum atomic E-state index is 5.49. The van der Waals surface area contributed by atoms with Crippen LogP contribution in [0, 0.1) is 0 Å². The van der Waals surface area contributed by atoms with E-state index in [1.54, 1.807) is 7.11 Å². The lowest BCUT2D eigenvalue weighted by Gasteiger charge is -2.35. The fourth-order valence-corrected chi connectivity index (χ4v) is 2.57. The Balaban J connectivity index is 2.24. The Kier molecular flexibility index (Phi) is 4.79. The van der Waals surface area contributed by atoms with E-state index in [1.165, 1.54) is 5.56 Å². The van der Waals surface area contributed by atoms with Gasteiger partial charge in [-0.25, -0.2) is 0 Å². The van der Waals surface area contributed by atoms with Crippen molar-refractivity contribution in [2.24, 2.45) is 0 Å². The van der Waals surface area contributed by atoms with Crippen LogP contribution in [0.15, 0.2) is 36.9 Å². The van der Waals surface area contributed by atoms with Crippen molar-refractivity contribution in [3.63, 3.8) is 0 Å². The molecule has 0 saturated carbocycles. The number of nitrogens with one attached hydrogen (secondary N) is 1. The standard InChI is InChI=1S/C15H22N2O/c1-3-6-14(17-11-9-16-10-12-17)13-7-4-5-8-15(13)18-2/h3-5,7-8,14,16H,1,6,9-12H2,2H3/t14-/m1/s1. The highest BCUT2D eigenvalue weighted by Gasteiger charge is 2.23. The summed E-state index contributed by atoms with van der Waals surface area (Å²) in [6, 6.07) is 8.67. The lowest BCUT2D eigenvalue weighted by atomic mass is 10.00. The topological polar surface area (TPSA) is 24.5 Å². The molecular formula is C15H22N2O. The van der Waals surface area contributed by atoms with Crippen LogP contribution in [0.5, 0.6) is 5.75 Å². The van der Waals surface area contributed by atoms with E-state index in [0.29, 0.717) is 6.04 Å². The van der Waals surface area contributed by atoms with Gasteiger partial charge in [-0.15, -0.1) is 6.58 Å². The third kappa shape index (κ3) is 2.92. The SMILES string of the molecule is C=CC[C@H](c1ccccc1OC)N1CCNCC1. The highest BCUT2D eigenvalue weighted by molar-refractivity contribution is 5.36. The third-order valence-electron chi connectivity index (χ3n) is 3.48. The molecule has 1 saturated heterocycles. The second-order valence-corrected chi connectivity index (χ2v) is 4.57. The summed E-state index contributed by atoms with van der Waals surface area (Å²) in [5.41, 5.74) is 1.27. The number of ether oxygens (including phenoxy) is 1. The molecule has 2 rings (SSSR count). The summed E-state index contributed by atoms with van der Waals surface area (Å²) in [6.07, 6.45) is 2.96. The Morgan fingerprint density at radius 3 is 2.78 bits per heavy atom. The lowest BCUT2D eigenvalue weighted by Crippen LogP contribution is -2.45. The Hall–Kier alpha value is -1.32. The van der Waals surface area contributed by atoms with Crippen molar-refractivity contribution in [3.8, 4) is 5.75 Å². The number of nitrogens with zero attached hydrogens (tertiary/aromatic N) is 1. The molecule has 1 aliphatic heterocycles. The number of piperazine rings is 1. The van der Waals surface area contributed by atoms with Crippen LogP contribution in [0.3, 0.4) is 0 Å². The van der Waals surface area contributed by atoms with Crippen molar-refractivity contribution in [3.05, 3.63) is 42.5 Å². The first kappa shape index (κ1) is 13.1. The predicted molar refractivity (Wildman–Crippen MR) is 75.0 cm³/mol. The van der Waals surface area contributed by atoms with Gasteiger partial charge in [-0.05, 0) is 12.5 Å². The van der Waals surface area contributed by atoms with E-state index in [4.69, 9.17) is 4.74 Å². The summed E-state index contributed by atoms with van der Waals surface area (Å²) in [5.74, 6) is 0.975. The molecule has 1 aliphatic rings. The van der Waals surface area contributed by atoms with Crippen molar-refractivity contribution < 1.29 is 4.74 Å². The van der Waals surface area contributed by atoms with Crippen LogP contribution in [-0.4, -0.2) is 38.2 Å². The maximum Gasteiger partial charge on any atom is 0.123 e. The van der Waals surface area contributed by atoms with E-state index in [9.17, 15) is 0 Å². The van der Waals surface area contributed by atoms with Crippen LogP contribution >= 0.6 is 0 Å². The number of hydrogen-bond donors (Lipinski definition) is 1. The molecule has 1 fully saturated rings. The van der Waals surface area contributed by atoms with E-state index in [0.717, 1.165) is 38.3 Å². The zero-order chi connectivity index (χ0) is 12.8. The van der Waals surface area contributed by atoms with E-state index >= 15 is 0 Å². The highest BCUT2D eigenvalue weighted by Crippen LogP contribution is 2.32. The molecule has 0 unspecified atom stereocenters. The Morgan fingerprint density at radius 1 is 1.39 bits per heavy atom. The molecule has 0 bridgehead atoms. The van der Waals surface area contributed by atoms with Crippen molar-refractivity contribution in [2.75, 3.05) is 33.3 Å². The molecule has 0 radical (unpaired) electrons. The van der Waals surface area contributed by atoms with Crippen molar-refractivity contribution >= 4 is 0 Å². The quantitative estimate of drug-likeness (QED) is 0.806. The molecular weight excluding hydrogens is 224 g/mol. The summed E-state index contributed by atoms with van der Waals surface area (Å²) in [5, 5.41) is 3.39. The number of benzene rings is 1. The van der Waals surface area contributed by atoms with Gasteiger partial charge in [0.2, 0.25) is 0 Å². The van der Waals surface area contributed by atoms with Crippen molar-refractivity contribution in [2.45, 2.75) is 12.5 Å². The van der Waals surface area contributed by atoms with E-state index < -0.39 is 0 Å². The van der Waals surface area contributed by atoms with Gasteiger partial charge in [0.05, 0.1) is 7.11 Å². The smallest absolute Gasteiger partial charge is 0.123 e. The fourth-order valence-electron chi connectivity index (χ4n) is 2.57. The summed E-state index contributed by atoms with van der Waals surface area (Å²) < 4.78 is 5.49. The van der Waals surface area contributed by atoms with Gasteiger partial charge in [0.1, 0.15) is 5.75 Å². The molecule has 3 nitrogen and oxygen atoms in total. The Bertz CT molecular complexity index is 386. The van der Waals surface area contributed by atoms with Crippen LogP contribution < -0.4 is 10.1 Å². The fraction of sp³-hybridized carbons (Fsp3) is 0.467. The normalized spacial score (nSPS) is 18.3. The van der Waals surface area contributed by atoms with Gasteiger partial charge in [0, 0.05) is 37.8 Å². The second-order valence-electron chi connectivity index (χ2n) is 4.57. The summed E-state index contributed by atoms with van der Waals surface area (Å²) in [4.78, 5) is 2.51. The number of hydrogen-bond acceptors (Lipinski definition) is 3. The number of para-hydroxylation sites is 1. The zero-order valence-corrected chi connectivity index (χ0v) is 11.1. The average Bonchev–Trinajstić information content (AvgIpc) is 2.46. The molecule has 0 spiro atoms. The Labute approximate surface area is 109 Å². The van der Waals surface area contributed by atoms with Crippen molar-refractivity contribution in [1.29, 1.82) is 0 Å². The molecule has 0 aliphatic carbocycles. The molecule has 1 aromatic carbocycles. The second kappa shape index (κ2) is 6.57. The number of methoxy groups -OCH3 is 1. The number of rotatable bonds is 5. The summed E-state index contributed by atoms with van der Waals surface area (Å²) >= 11 is 0. The van der Waals surface area contributed by atoms with Gasteiger partial charge in [0.25, 0.3) is 0 Å².